The zero-order chi connectivity index (χ0) is 26.1. The lowest BCUT2D eigenvalue weighted by molar-refractivity contribution is 0.262. The Morgan fingerprint density at radius 2 is 1.78 bits per heavy atom. The molecule has 3 aromatic carbocycles. The van der Waals surface area contributed by atoms with E-state index >= 15 is 0 Å². The molecule has 0 saturated carbocycles. The molecule has 0 saturated heterocycles. The van der Waals surface area contributed by atoms with E-state index in [4.69, 9.17) is 16.3 Å². The van der Waals surface area contributed by atoms with Crippen molar-refractivity contribution in [3.63, 3.8) is 0 Å². The van der Waals surface area contributed by atoms with Crippen molar-refractivity contribution in [2.24, 2.45) is 7.05 Å². The van der Waals surface area contributed by atoms with Crippen LogP contribution in [0.25, 0.3) is 32.9 Å². The molecule has 0 bridgehead atoms. The molecule has 0 aliphatic rings. The molecular weight excluding hydrogens is 488 g/mol. The Hall–Kier alpha value is -4.36. The molecular formula is C29H25ClN4O3. The van der Waals surface area contributed by atoms with Crippen molar-refractivity contribution in [3.8, 4) is 16.9 Å². The third-order valence-electron chi connectivity index (χ3n) is 6.46. The van der Waals surface area contributed by atoms with Crippen LogP contribution in [0, 0.1) is 0 Å². The summed E-state index contributed by atoms with van der Waals surface area (Å²) in [7, 11) is 3.22. The molecule has 2 heterocycles. The van der Waals surface area contributed by atoms with Gasteiger partial charge in [0.05, 0.1) is 23.8 Å². The molecule has 2 aromatic heterocycles. The van der Waals surface area contributed by atoms with Crippen molar-refractivity contribution in [1.29, 1.82) is 0 Å². The first-order valence-corrected chi connectivity index (χ1v) is 12.2. The van der Waals surface area contributed by atoms with Gasteiger partial charge in [0.15, 0.2) is 0 Å². The average molecular weight is 513 g/mol. The van der Waals surface area contributed by atoms with E-state index in [0.717, 1.165) is 22.9 Å². The van der Waals surface area contributed by atoms with Gasteiger partial charge in [-0.3, -0.25) is 9.78 Å². The van der Waals surface area contributed by atoms with Crippen molar-refractivity contribution >= 4 is 50.8 Å². The fourth-order valence-corrected chi connectivity index (χ4v) is 4.79. The number of aryl methyl sites for hydroxylation is 2. The maximum Gasteiger partial charge on any atom is 0.323 e. The summed E-state index contributed by atoms with van der Waals surface area (Å²) in [4.78, 5) is 31.4. The number of amides is 2. The van der Waals surface area contributed by atoms with Crippen LogP contribution in [0.3, 0.4) is 0 Å². The average Bonchev–Trinajstić information content (AvgIpc) is 2.92. The second kappa shape index (κ2) is 9.95. The number of pyridine rings is 2. The zero-order valence-electron chi connectivity index (χ0n) is 20.6. The summed E-state index contributed by atoms with van der Waals surface area (Å²) in [5.74, 6) is 0.473. The summed E-state index contributed by atoms with van der Waals surface area (Å²) in [6.45, 7) is 2.07. The van der Waals surface area contributed by atoms with Crippen LogP contribution < -0.4 is 20.9 Å². The summed E-state index contributed by atoms with van der Waals surface area (Å²) < 4.78 is 7.02. The summed E-state index contributed by atoms with van der Waals surface area (Å²) in [6, 6.07) is 19.8. The number of hydrogen-bond acceptors (Lipinski definition) is 4. The number of benzene rings is 3. The first-order valence-electron chi connectivity index (χ1n) is 11.8. The van der Waals surface area contributed by atoms with Gasteiger partial charge in [-0.05, 0) is 54.4 Å². The molecule has 0 aliphatic heterocycles. The number of fused-ring (bicyclic) bond motifs is 2. The standard InChI is InChI=1S/C29H25ClN4O3/c1-4-17-11-13-23-20(16-17)25(18-8-5-6-10-21(18)30)27(28(35)34(23)2)33-29(36)32-26-19-9-7-15-31-22(19)12-14-24(26)37-3/h5-16H,4H2,1-3H3,(H2,32,33,36). The summed E-state index contributed by atoms with van der Waals surface area (Å²) in [6.07, 6.45) is 2.50. The highest BCUT2D eigenvalue weighted by Gasteiger charge is 2.22. The van der Waals surface area contributed by atoms with Gasteiger partial charge in [0, 0.05) is 40.2 Å². The monoisotopic (exact) mass is 512 g/mol. The number of nitrogens with one attached hydrogen (secondary N) is 2. The van der Waals surface area contributed by atoms with Gasteiger partial charge in [-0.25, -0.2) is 4.79 Å². The largest absolute Gasteiger partial charge is 0.495 e. The number of rotatable bonds is 5. The Labute approximate surface area is 218 Å². The zero-order valence-corrected chi connectivity index (χ0v) is 21.4. The van der Waals surface area contributed by atoms with Crippen LogP contribution in [0.1, 0.15) is 12.5 Å². The summed E-state index contributed by atoms with van der Waals surface area (Å²) in [5, 5.41) is 7.69. The van der Waals surface area contributed by atoms with Gasteiger partial charge in [-0.2, -0.15) is 0 Å². The fourth-order valence-electron chi connectivity index (χ4n) is 4.56. The lowest BCUT2D eigenvalue weighted by Crippen LogP contribution is -2.28. The number of carbonyl (C=O) groups excluding carboxylic acids is 1. The molecule has 5 rings (SSSR count). The number of carbonyl (C=O) groups is 1. The Balaban J connectivity index is 1.68. The number of halogens is 1. The van der Waals surface area contributed by atoms with E-state index in [2.05, 4.69) is 22.5 Å². The molecule has 0 atom stereocenters. The Morgan fingerprint density at radius 3 is 2.54 bits per heavy atom. The van der Waals surface area contributed by atoms with Crippen molar-refractivity contribution in [1.82, 2.24) is 9.55 Å². The SMILES string of the molecule is CCc1ccc2c(c1)c(-c1ccccc1Cl)c(NC(=O)Nc1c(OC)ccc3ncccc13)c(=O)n2C. The van der Waals surface area contributed by atoms with Crippen molar-refractivity contribution in [3.05, 3.63) is 93.9 Å². The summed E-state index contributed by atoms with van der Waals surface area (Å²) >= 11 is 6.61. The predicted octanol–water partition coefficient (Wildman–Crippen LogP) is 6.62. The second-order valence-corrected chi connectivity index (χ2v) is 9.00. The van der Waals surface area contributed by atoms with Gasteiger partial charge in [0.2, 0.25) is 0 Å². The van der Waals surface area contributed by atoms with Crippen LogP contribution in [0.4, 0.5) is 16.2 Å². The highest BCUT2D eigenvalue weighted by atomic mass is 35.5. The number of urea groups is 1. The quantitative estimate of drug-likeness (QED) is 0.277. The van der Waals surface area contributed by atoms with E-state index in [0.29, 0.717) is 38.5 Å². The van der Waals surface area contributed by atoms with Crippen LogP contribution in [-0.2, 0) is 13.5 Å². The van der Waals surface area contributed by atoms with Crippen LogP contribution >= 0.6 is 11.6 Å². The minimum Gasteiger partial charge on any atom is -0.495 e. The first kappa shape index (κ1) is 24.3. The van der Waals surface area contributed by atoms with Crippen molar-refractivity contribution < 1.29 is 9.53 Å². The van der Waals surface area contributed by atoms with Crippen molar-refractivity contribution in [2.75, 3.05) is 17.7 Å². The Kier molecular flexibility index (Phi) is 6.54. The third kappa shape index (κ3) is 4.38. The van der Waals surface area contributed by atoms with Gasteiger partial charge < -0.3 is 19.9 Å². The Morgan fingerprint density at radius 1 is 1.00 bits per heavy atom. The van der Waals surface area contributed by atoms with Gasteiger partial charge >= 0.3 is 6.03 Å². The molecule has 0 unspecified atom stereocenters. The van der Waals surface area contributed by atoms with Gasteiger partial charge in [-0.1, -0.05) is 42.8 Å². The fraction of sp³-hybridized carbons (Fsp3) is 0.138. The van der Waals surface area contributed by atoms with Crippen LogP contribution in [0.2, 0.25) is 5.02 Å². The van der Waals surface area contributed by atoms with Gasteiger partial charge in [0.1, 0.15) is 11.4 Å². The minimum atomic E-state index is -0.592. The normalized spacial score (nSPS) is 11.0. The number of methoxy groups -OCH3 is 1. The molecule has 0 fully saturated rings. The number of aromatic nitrogens is 2. The third-order valence-corrected chi connectivity index (χ3v) is 6.79. The van der Waals surface area contributed by atoms with Crippen LogP contribution in [-0.4, -0.2) is 22.7 Å². The van der Waals surface area contributed by atoms with Crippen LogP contribution in [0.15, 0.2) is 77.7 Å². The first-order chi connectivity index (χ1) is 17.9. The second-order valence-electron chi connectivity index (χ2n) is 8.59. The van der Waals surface area contributed by atoms with Gasteiger partial charge in [-0.15, -0.1) is 0 Å². The van der Waals surface area contributed by atoms with E-state index in [1.165, 1.54) is 11.7 Å². The summed E-state index contributed by atoms with van der Waals surface area (Å²) in [5.41, 5.74) is 4.00. The number of hydrogen-bond donors (Lipinski definition) is 2. The maximum absolute atomic E-state index is 13.6. The van der Waals surface area contributed by atoms with Crippen LogP contribution in [0.5, 0.6) is 5.75 Å². The topological polar surface area (TPSA) is 85.2 Å². The molecule has 5 aromatic rings. The predicted molar refractivity (Wildman–Crippen MR) is 150 cm³/mol. The van der Waals surface area contributed by atoms with E-state index in [9.17, 15) is 9.59 Å². The molecule has 2 amide bonds. The number of nitrogens with zero attached hydrogens (tertiary/aromatic N) is 2. The van der Waals surface area contributed by atoms with E-state index in [-0.39, 0.29) is 11.2 Å². The molecule has 0 aliphatic carbocycles. The minimum absolute atomic E-state index is 0.131. The number of anilines is 2. The van der Waals surface area contributed by atoms with E-state index in [1.807, 2.05) is 48.5 Å². The Bertz CT molecular complexity index is 1730. The molecule has 186 valence electrons. The molecule has 8 heteroatoms. The highest BCUT2D eigenvalue weighted by Crippen LogP contribution is 2.38. The van der Waals surface area contributed by atoms with E-state index < -0.39 is 6.03 Å². The molecule has 2 N–H and O–H groups in total. The maximum atomic E-state index is 13.6. The molecule has 0 radical (unpaired) electrons. The number of ether oxygens (including phenoxy) is 1. The molecule has 0 spiro atoms. The smallest absolute Gasteiger partial charge is 0.323 e. The van der Waals surface area contributed by atoms with Crippen molar-refractivity contribution in [2.45, 2.75) is 13.3 Å². The highest BCUT2D eigenvalue weighted by molar-refractivity contribution is 6.34. The lowest BCUT2D eigenvalue weighted by Gasteiger charge is -2.19. The molecule has 37 heavy (non-hydrogen) atoms. The lowest BCUT2D eigenvalue weighted by atomic mass is 9.97. The van der Waals surface area contributed by atoms with Gasteiger partial charge in [0.25, 0.3) is 5.56 Å². The van der Waals surface area contributed by atoms with E-state index in [1.54, 1.807) is 31.4 Å². The molecule has 7 nitrogen and oxygen atoms in total.